The molecule has 0 amide bonds. The minimum absolute atomic E-state index is 0.620. The van der Waals surface area contributed by atoms with Gasteiger partial charge in [-0.05, 0) is 12.5 Å². The Balaban J connectivity index is 2.18. The molecule has 1 atom stereocenters. The van der Waals surface area contributed by atoms with Gasteiger partial charge in [-0.2, -0.15) is 0 Å². The molecule has 0 aromatic carbocycles. The third-order valence-corrected chi connectivity index (χ3v) is 1.78. The molecule has 2 rings (SSSR count). The predicted octanol–water partition coefficient (Wildman–Crippen LogP) is 0.649. The fourth-order valence-electron chi connectivity index (χ4n) is 1.28. The molecule has 0 aromatic heterocycles. The Hall–Kier alpha value is -0.760. The average Bonchev–Trinajstić information content (AvgIpc) is 2.33. The van der Waals surface area contributed by atoms with Crippen LogP contribution < -0.4 is 5.43 Å². The molecule has 1 unspecified atom stereocenters. The van der Waals surface area contributed by atoms with E-state index in [1.165, 1.54) is 6.42 Å². The first kappa shape index (κ1) is 5.06. The standard InChI is InChI=1S/C7H10N2/c1-2-6-9-7(3-1)4-5-8-9/h1-3,6-8H,4-5H2. The fraction of sp³-hybridized carbons (Fsp3) is 0.429. The molecule has 2 aliphatic heterocycles. The van der Waals surface area contributed by atoms with Crippen molar-refractivity contribution in [2.24, 2.45) is 0 Å². The van der Waals surface area contributed by atoms with Gasteiger partial charge in [0.05, 0.1) is 6.04 Å². The summed E-state index contributed by atoms with van der Waals surface area (Å²) >= 11 is 0. The van der Waals surface area contributed by atoms with Crippen LogP contribution in [0.15, 0.2) is 24.4 Å². The average molecular weight is 122 g/mol. The molecule has 48 valence electrons. The Labute approximate surface area is 54.8 Å². The molecule has 0 spiro atoms. The fourth-order valence-corrected chi connectivity index (χ4v) is 1.28. The highest BCUT2D eigenvalue weighted by Crippen LogP contribution is 2.13. The number of nitrogens with one attached hydrogen (secondary N) is 1. The Kier molecular flexibility index (Phi) is 1.06. The predicted molar refractivity (Wildman–Crippen MR) is 36.5 cm³/mol. The summed E-state index contributed by atoms with van der Waals surface area (Å²) in [6.45, 7) is 1.11. The maximum atomic E-state index is 3.25. The van der Waals surface area contributed by atoms with Crippen LogP contribution in [0.25, 0.3) is 0 Å². The van der Waals surface area contributed by atoms with E-state index < -0.39 is 0 Å². The summed E-state index contributed by atoms with van der Waals surface area (Å²) in [4.78, 5) is 0. The van der Waals surface area contributed by atoms with Gasteiger partial charge in [0.2, 0.25) is 0 Å². The van der Waals surface area contributed by atoms with Crippen molar-refractivity contribution in [1.29, 1.82) is 0 Å². The van der Waals surface area contributed by atoms with E-state index in [1.807, 2.05) is 0 Å². The van der Waals surface area contributed by atoms with Crippen molar-refractivity contribution in [3.8, 4) is 0 Å². The van der Waals surface area contributed by atoms with Crippen molar-refractivity contribution in [3.05, 3.63) is 24.4 Å². The van der Waals surface area contributed by atoms with Gasteiger partial charge in [0.15, 0.2) is 0 Å². The Morgan fingerprint density at radius 1 is 1.44 bits per heavy atom. The molecule has 2 aliphatic rings. The molecule has 0 bridgehead atoms. The quantitative estimate of drug-likeness (QED) is 0.507. The second-order valence-corrected chi connectivity index (χ2v) is 2.40. The van der Waals surface area contributed by atoms with Gasteiger partial charge in [-0.1, -0.05) is 12.2 Å². The Morgan fingerprint density at radius 2 is 2.44 bits per heavy atom. The molecule has 1 saturated heterocycles. The molecule has 2 nitrogen and oxygen atoms in total. The molecular formula is C7H10N2. The number of fused-ring (bicyclic) bond motifs is 1. The van der Waals surface area contributed by atoms with Gasteiger partial charge in [-0.15, -0.1) is 0 Å². The van der Waals surface area contributed by atoms with Crippen molar-refractivity contribution in [3.63, 3.8) is 0 Å². The van der Waals surface area contributed by atoms with Gasteiger partial charge >= 0.3 is 0 Å². The summed E-state index contributed by atoms with van der Waals surface area (Å²) < 4.78 is 0. The maximum absolute atomic E-state index is 3.25. The summed E-state index contributed by atoms with van der Waals surface area (Å²) in [6, 6.07) is 0.620. The molecule has 0 saturated carbocycles. The third-order valence-electron chi connectivity index (χ3n) is 1.78. The van der Waals surface area contributed by atoms with Crippen LogP contribution in [0.5, 0.6) is 0 Å². The van der Waals surface area contributed by atoms with Crippen LogP contribution >= 0.6 is 0 Å². The van der Waals surface area contributed by atoms with Gasteiger partial charge in [-0.3, -0.25) is 0 Å². The molecule has 2 heteroatoms. The smallest absolute Gasteiger partial charge is 0.0644 e. The van der Waals surface area contributed by atoms with E-state index in [0.29, 0.717) is 6.04 Å². The van der Waals surface area contributed by atoms with Crippen molar-refractivity contribution in [2.45, 2.75) is 12.5 Å². The second-order valence-electron chi connectivity index (χ2n) is 2.40. The first-order valence-electron chi connectivity index (χ1n) is 3.34. The van der Waals surface area contributed by atoms with Gasteiger partial charge in [0.1, 0.15) is 0 Å². The van der Waals surface area contributed by atoms with Crippen molar-refractivity contribution in [2.75, 3.05) is 6.54 Å². The van der Waals surface area contributed by atoms with Gasteiger partial charge in [-0.25, -0.2) is 5.43 Å². The summed E-state index contributed by atoms with van der Waals surface area (Å²) in [5.74, 6) is 0. The molecule has 9 heavy (non-hydrogen) atoms. The minimum Gasteiger partial charge on any atom is -0.309 e. The maximum Gasteiger partial charge on any atom is 0.0644 e. The van der Waals surface area contributed by atoms with Crippen molar-refractivity contribution >= 4 is 0 Å². The molecule has 0 aliphatic carbocycles. The van der Waals surface area contributed by atoms with Crippen LogP contribution in [0.3, 0.4) is 0 Å². The van der Waals surface area contributed by atoms with Gasteiger partial charge < -0.3 is 5.01 Å². The van der Waals surface area contributed by atoms with E-state index in [2.05, 4.69) is 34.9 Å². The number of hydrazine groups is 1. The molecule has 1 N–H and O–H groups in total. The van der Waals surface area contributed by atoms with Crippen LogP contribution in [-0.4, -0.2) is 17.6 Å². The molecule has 1 fully saturated rings. The van der Waals surface area contributed by atoms with Crippen LogP contribution in [0.4, 0.5) is 0 Å². The Bertz CT molecular complexity index is 142. The number of rotatable bonds is 0. The van der Waals surface area contributed by atoms with E-state index in [-0.39, 0.29) is 0 Å². The summed E-state index contributed by atoms with van der Waals surface area (Å²) in [7, 11) is 0. The lowest BCUT2D eigenvalue weighted by Crippen LogP contribution is -2.31. The lowest BCUT2D eigenvalue weighted by Gasteiger charge is -2.20. The van der Waals surface area contributed by atoms with E-state index in [0.717, 1.165) is 6.54 Å². The molecular weight excluding hydrogens is 112 g/mol. The third kappa shape index (κ3) is 0.754. The first-order valence-corrected chi connectivity index (χ1v) is 3.34. The van der Waals surface area contributed by atoms with Crippen LogP contribution in [0.2, 0.25) is 0 Å². The number of hydrogen-bond donors (Lipinski definition) is 1. The minimum atomic E-state index is 0.620. The Morgan fingerprint density at radius 3 is 3.33 bits per heavy atom. The SMILES string of the molecule is C1=CC2CCNN2C=C1. The zero-order valence-electron chi connectivity index (χ0n) is 5.25. The van der Waals surface area contributed by atoms with E-state index >= 15 is 0 Å². The van der Waals surface area contributed by atoms with Gasteiger partial charge in [0.25, 0.3) is 0 Å². The zero-order valence-corrected chi connectivity index (χ0v) is 5.25. The molecule has 2 heterocycles. The zero-order chi connectivity index (χ0) is 6.10. The monoisotopic (exact) mass is 122 g/mol. The normalized spacial score (nSPS) is 31.1. The van der Waals surface area contributed by atoms with Crippen LogP contribution in [0.1, 0.15) is 6.42 Å². The molecule has 0 aromatic rings. The number of nitrogens with zero attached hydrogens (tertiary/aromatic N) is 1. The van der Waals surface area contributed by atoms with Crippen molar-refractivity contribution in [1.82, 2.24) is 10.4 Å². The van der Waals surface area contributed by atoms with Gasteiger partial charge in [0, 0.05) is 12.7 Å². The van der Waals surface area contributed by atoms with E-state index in [4.69, 9.17) is 0 Å². The second kappa shape index (κ2) is 1.88. The first-order chi connectivity index (χ1) is 4.47. The lowest BCUT2D eigenvalue weighted by molar-refractivity contribution is 0.308. The van der Waals surface area contributed by atoms with E-state index in [1.54, 1.807) is 0 Å². The topological polar surface area (TPSA) is 15.3 Å². The van der Waals surface area contributed by atoms with Crippen LogP contribution in [0, 0.1) is 0 Å². The summed E-state index contributed by atoms with van der Waals surface area (Å²) in [6.07, 6.45) is 9.70. The number of allylic oxidation sites excluding steroid dienone is 2. The summed E-state index contributed by atoms with van der Waals surface area (Å²) in [5.41, 5.74) is 3.25. The highest BCUT2D eigenvalue weighted by Gasteiger charge is 2.19. The highest BCUT2D eigenvalue weighted by atomic mass is 15.5. The highest BCUT2D eigenvalue weighted by molar-refractivity contribution is 5.13. The van der Waals surface area contributed by atoms with Crippen molar-refractivity contribution < 1.29 is 0 Å². The van der Waals surface area contributed by atoms with E-state index in [9.17, 15) is 0 Å². The van der Waals surface area contributed by atoms with Crippen LogP contribution in [-0.2, 0) is 0 Å². The lowest BCUT2D eigenvalue weighted by atomic mass is 10.2. The molecule has 0 radical (unpaired) electrons. The summed E-state index contributed by atoms with van der Waals surface area (Å²) in [5, 5.41) is 2.15. The number of hydrogen-bond acceptors (Lipinski definition) is 2. The largest absolute Gasteiger partial charge is 0.309 e.